The van der Waals surface area contributed by atoms with Gasteiger partial charge in [0.2, 0.25) is 5.91 Å². The number of nitrogens with one attached hydrogen (secondary N) is 2. The van der Waals surface area contributed by atoms with Gasteiger partial charge in [-0.1, -0.05) is 48.5 Å². The quantitative estimate of drug-likeness (QED) is 0.377. The molecule has 0 fully saturated rings. The van der Waals surface area contributed by atoms with Crippen molar-refractivity contribution in [2.45, 2.75) is 32.5 Å². The van der Waals surface area contributed by atoms with Crippen LogP contribution in [0.1, 0.15) is 28.4 Å². The molecule has 5 rings (SSSR count). The summed E-state index contributed by atoms with van der Waals surface area (Å²) in [6, 6.07) is 23.0. The molecule has 8 heteroatoms. The van der Waals surface area contributed by atoms with Gasteiger partial charge in [-0.05, 0) is 79.2 Å². The fourth-order valence-corrected chi connectivity index (χ4v) is 5.04. The first kappa shape index (κ1) is 27.0. The molecule has 0 saturated carbocycles. The Balaban J connectivity index is 1.63. The van der Waals surface area contributed by atoms with Crippen molar-refractivity contribution in [1.29, 1.82) is 0 Å². The summed E-state index contributed by atoms with van der Waals surface area (Å²) in [5.74, 6) is -1.54. The highest BCUT2D eigenvalue weighted by Gasteiger charge is 2.38. The van der Waals surface area contributed by atoms with Crippen LogP contribution in [-0.2, 0) is 16.1 Å². The molecule has 0 saturated heterocycles. The van der Waals surface area contributed by atoms with Gasteiger partial charge in [-0.25, -0.2) is 4.39 Å². The summed E-state index contributed by atoms with van der Waals surface area (Å²) in [5.41, 5.74) is 3.36. The Kier molecular flexibility index (Phi) is 7.62. The maximum absolute atomic E-state index is 14.3. The lowest BCUT2D eigenvalue weighted by molar-refractivity contribution is -0.128. The summed E-state index contributed by atoms with van der Waals surface area (Å²) in [7, 11) is 1.66. The van der Waals surface area contributed by atoms with Gasteiger partial charge in [0, 0.05) is 5.56 Å². The first-order valence-corrected chi connectivity index (χ1v) is 13.2. The summed E-state index contributed by atoms with van der Waals surface area (Å²) < 4.78 is 13.6. The zero-order valence-corrected chi connectivity index (χ0v) is 22.6. The average molecular weight is 539 g/mol. The van der Waals surface area contributed by atoms with Gasteiger partial charge in [0.05, 0.1) is 30.5 Å². The summed E-state index contributed by atoms with van der Waals surface area (Å²) in [4.78, 5) is 44.2. The van der Waals surface area contributed by atoms with Gasteiger partial charge in [0.15, 0.2) is 0 Å². The molecule has 204 valence electrons. The van der Waals surface area contributed by atoms with E-state index < -0.39 is 23.8 Å². The van der Waals surface area contributed by atoms with E-state index in [0.717, 1.165) is 21.9 Å². The van der Waals surface area contributed by atoms with Crippen molar-refractivity contribution in [2.75, 3.05) is 23.4 Å². The topological polar surface area (TPSA) is 81.8 Å². The largest absolute Gasteiger partial charge is 0.341 e. The molecular formula is C32H31FN4O3. The number of aryl methyl sites for hydroxylation is 1. The minimum atomic E-state index is -1.02. The van der Waals surface area contributed by atoms with Gasteiger partial charge in [-0.15, -0.1) is 0 Å². The molecular weight excluding hydrogens is 507 g/mol. The fraction of sp³-hybridized carbons (Fsp3) is 0.219. The predicted octanol–water partition coefficient (Wildman–Crippen LogP) is 4.57. The lowest BCUT2D eigenvalue weighted by Crippen LogP contribution is -2.55. The Morgan fingerprint density at radius 3 is 2.35 bits per heavy atom. The van der Waals surface area contributed by atoms with Crippen molar-refractivity contribution in [3.63, 3.8) is 0 Å². The van der Waals surface area contributed by atoms with Gasteiger partial charge >= 0.3 is 0 Å². The van der Waals surface area contributed by atoms with E-state index in [-0.39, 0.29) is 30.5 Å². The molecule has 2 unspecified atom stereocenters. The molecule has 1 heterocycles. The number of benzene rings is 4. The minimum absolute atomic E-state index is 0.0841. The second-order valence-corrected chi connectivity index (χ2v) is 9.99. The molecule has 0 aliphatic carbocycles. The average Bonchev–Trinajstić information content (AvgIpc) is 3.08. The number of carbonyl (C=O) groups excluding carboxylic acids is 3. The van der Waals surface area contributed by atoms with Crippen LogP contribution in [0, 0.1) is 12.7 Å². The molecule has 0 bridgehead atoms. The Bertz CT molecular complexity index is 1590. The van der Waals surface area contributed by atoms with E-state index in [0.29, 0.717) is 11.4 Å². The Morgan fingerprint density at radius 1 is 0.950 bits per heavy atom. The minimum Gasteiger partial charge on any atom is -0.341 e. The number of para-hydroxylation sites is 2. The third kappa shape index (κ3) is 5.18. The molecule has 2 N–H and O–H groups in total. The molecule has 0 aromatic heterocycles. The van der Waals surface area contributed by atoms with Crippen LogP contribution in [-0.4, -0.2) is 43.4 Å². The number of fused-ring (bicyclic) bond motifs is 2. The number of nitrogens with zero attached hydrogens (tertiary/aromatic N) is 2. The monoisotopic (exact) mass is 538 g/mol. The van der Waals surface area contributed by atoms with E-state index in [9.17, 15) is 18.8 Å². The number of hydrogen-bond donors (Lipinski definition) is 2. The van der Waals surface area contributed by atoms with Crippen molar-refractivity contribution in [3.8, 4) is 0 Å². The van der Waals surface area contributed by atoms with Gasteiger partial charge in [-0.2, -0.15) is 0 Å². The Labute approximate surface area is 232 Å². The van der Waals surface area contributed by atoms with Crippen LogP contribution < -0.4 is 20.4 Å². The standard InChI is InChI=1S/C32H31FN4O3/c1-20-12-13-22-8-4-5-9-25(22)26(20)18-36-28-10-6-7-11-29(28)37(31(39)23-14-16-24(33)17-15-23)19-27(32(36)40)35-30(38)21(2)34-3/h4-17,21,27,34H,18-19H2,1-3H3,(H,35,38). The van der Waals surface area contributed by atoms with Gasteiger partial charge in [0.1, 0.15) is 11.9 Å². The number of likely N-dealkylation sites (N-methyl/N-ethyl adjacent to an activating group) is 1. The number of amides is 3. The third-order valence-electron chi connectivity index (χ3n) is 7.46. The van der Waals surface area contributed by atoms with Crippen molar-refractivity contribution in [3.05, 3.63) is 107 Å². The first-order valence-electron chi connectivity index (χ1n) is 13.2. The molecule has 0 spiro atoms. The van der Waals surface area contributed by atoms with Crippen molar-refractivity contribution in [2.24, 2.45) is 0 Å². The second-order valence-electron chi connectivity index (χ2n) is 9.99. The maximum atomic E-state index is 14.3. The maximum Gasteiger partial charge on any atom is 0.258 e. The van der Waals surface area contributed by atoms with Gasteiger partial charge in [-0.3, -0.25) is 14.4 Å². The van der Waals surface area contributed by atoms with E-state index in [4.69, 9.17) is 0 Å². The van der Waals surface area contributed by atoms with E-state index in [1.54, 1.807) is 37.1 Å². The summed E-state index contributed by atoms with van der Waals surface area (Å²) in [5, 5.41) is 7.84. The molecule has 4 aromatic rings. The number of carbonyl (C=O) groups is 3. The number of rotatable bonds is 6. The molecule has 7 nitrogen and oxygen atoms in total. The van der Waals surface area contributed by atoms with Gasteiger partial charge < -0.3 is 20.4 Å². The highest BCUT2D eigenvalue weighted by atomic mass is 19.1. The first-order chi connectivity index (χ1) is 19.3. The molecule has 2 atom stereocenters. The van der Waals surface area contributed by atoms with E-state index in [1.807, 2.05) is 43.3 Å². The Hall–Kier alpha value is -4.56. The van der Waals surface area contributed by atoms with E-state index in [2.05, 4.69) is 16.7 Å². The fourth-order valence-electron chi connectivity index (χ4n) is 5.04. The number of halogens is 1. The van der Waals surface area contributed by atoms with Crippen LogP contribution in [0.4, 0.5) is 15.8 Å². The van der Waals surface area contributed by atoms with Crippen LogP contribution in [0.15, 0.2) is 84.9 Å². The summed E-state index contributed by atoms with van der Waals surface area (Å²) in [6.45, 7) is 3.87. The van der Waals surface area contributed by atoms with Crippen LogP contribution in [0.2, 0.25) is 0 Å². The molecule has 3 amide bonds. The van der Waals surface area contributed by atoms with Gasteiger partial charge in [0.25, 0.3) is 11.8 Å². The zero-order chi connectivity index (χ0) is 28.4. The SMILES string of the molecule is CNC(C)C(=O)NC1CN(C(=O)c2ccc(F)cc2)c2ccccc2N(Cc2c(C)ccc3ccccc23)C1=O. The van der Waals surface area contributed by atoms with Crippen molar-refractivity contribution < 1.29 is 18.8 Å². The summed E-state index contributed by atoms with van der Waals surface area (Å²) in [6.07, 6.45) is 0. The highest BCUT2D eigenvalue weighted by Crippen LogP contribution is 2.36. The van der Waals surface area contributed by atoms with Crippen LogP contribution in [0.5, 0.6) is 0 Å². The third-order valence-corrected chi connectivity index (χ3v) is 7.46. The molecule has 0 radical (unpaired) electrons. The molecule has 4 aromatic carbocycles. The van der Waals surface area contributed by atoms with Crippen LogP contribution in [0.3, 0.4) is 0 Å². The highest BCUT2D eigenvalue weighted by molar-refractivity contribution is 6.12. The lowest BCUT2D eigenvalue weighted by Gasteiger charge is -2.27. The Morgan fingerprint density at radius 2 is 1.62 bits per heavy atom. The lowest BCUT2D eigenvalue weighted by atomic mass is 9.99. The molecule has 40 heavy (non-hydrogen) atoms. The molecule has 1 aliphatic rings. The number of hydrogen-bond acceptors (Lipinski definition) is 4. The molecule has 1 aliphatic heterocycles. The van der Waals surface area contributed by atoms with Crippen molar-refractivity contribution >= 4 is 39.9 Å². The van der Waals surface area contributed by atoms with E-state index >= 15 is 0 Å². The zero-order valence-electron chi connectivity index (χ0n) is 22.6. The summed E-state index contributed by atoms with van der Waals surface area (Å²) >= 11 is 0. The van der Waals surface area contributed by atoms with Crippen molar-refractivity contribution in [1.82, 2.24) is 10.6 Å². The van der Waals surface area contributed by atoms with Crippen LogP contribution in [0.25, 0.3) is 10.8 Å². The number of anilines is 2. The second kappa shape index (κ2) is 11.3. The smallest absolute Gasteiger partial charge is 0.258 e. The normalized spacial score (nSPS) is 15.9. The van der Waals surface area contributed by atoms with E-state index in [1.165, 1.54) is 29.2 Å². The van der Waals surface area contributed by atoms with Crippen LogP contribution >= 0.6 is 0 Å². The predicted molar refractivity (Wildman–Crippen MR) is 155 cm³/mol.